The van der Waals surface area contributed by atoms with Crippen LogP contribution in [0.1, 0.15) is 65.5 Å². The van der Waals surface area contributed by atoms with Crippen LogP contribution in [0.25, 0.3) is 21.5 Å². The number of hydrogen-bond donors (Lipinski definition) is 0. The molecule has 2 nitrogen and oxygen atoms in total. The van der Waals surface area contributed by atoms with E-state index < -0.39 is 0 Å². The number of benzene rings is 4. The Morgan fingerprint density at radius 3 is 2.06 bits per heavy atom. The quantitative estimate of drug-likeness (QED) is 0.208. The molecule has 1 atom stereocenters. The van der Waals surface area contributed by atoms with E-state index in [9.17, 15) is 0 Å². The van der Waals surface area contributed by atoms with E-state index in [1.54, 1.807) is 0 Å². The highest BCUT2D eigenvalue weighted by Gasteiger charge is 2.45. The number of rotatable bonds is 5. The van der Waals surface area contributed by atoms with Crippen molar-refractivity contribution in [2.45, 2.75) is 71.3 Å². The predicted octanol–water partition coefficient (Wildman–Crippen LogP) is 8.36. The minimum atomic E-state index is 0.0592. The Morgan fingerprint density at radius 1 is 0.750 bits per heavy atom. The smallest absolute Gasteiger partial charge is 0.210 e. The lowest BCUT2D eigenvalue weighted by Crippen LogP contribution is -2.39. The maximum absolute atomic E-state index is 2.67. The van der Waals surface area contributed by atoms with Crippen LogP contribution in [-0.2, 0) is 10.8 Å². The topological polar surface area (TPSA) is 6.25 Å². The van der Waals surface area contributed by atoms with Gasteiger partial charge in [0, 0.05) is 48.7 Å². The summed E-state index contributed by atoms with van der Waals surface area (Å²) < 4.78 is 2.60. The number of fused-ring (bicyclic) bond motifs is 6. The zero-order valence-corrected chi connectivity index (χ0v) is 22.7. The number of anilines is 1. The monoisotopic (exact) mass is 475 g/mol. The molecule has 2 aliphatic heterocycles. The van der Waals surface area contributed by atoms with E-state index in [1.165, 1.54) is 62.6 Å². The molecule has 184 valence electrons. The van der Waals surface area contributed by atoms with Gasteiger partial charge >= 0.3 is 0 Å². The second kappa shape index (κ2) is 8.20. The first-order valence-corrected chi connectivity index (χ1v) is 13.7. The lowest BCUT2D eigenvalue weighted by molar-refractivity contribution is -0.439. The molecule has 0 radical (unpaired) electrons. The van der Waals surface area contributed by atoms with Crippen molar-refractivity contribution in [1.82, 2.24) is 0 Å². The van der Waals surface area contributed by atoms with Crippen molar-refractivity contribution in [3.05, 3.63) is 83.9 Å². The first-order valence-electron chi connectivity index (χ1n) is 13.7. The molecule has 36 heavy (non-hydrogen) atoms. The lowest BCUT2D eigenvalue weighted by atomic mass is 9.79. The Morgan fingerprint density at radius 2 is 1.36 bits per heavy atom. The third kappa shape index (κ3) is 3.26. The van der Waals surface area contributed by atoms with Gasteiger partial charge in [0.1, 0.15) is 6.54 Å². The minimum Gasteiger partial charge on any atom is -0.368 e. The molecule has 0 saturated carbocycles. The van der Waals surface area contributed by atoms with E-state index in [2.05, 4.69) is 124 Å². The normalized spacial score (nSPS) is 19.8. The molecule has 2 aliphatic rings. The molecular weight excluding hydrogens is 436 g/mol. The van der Waals surface area contributed by atoms with Crippen molar-refractivity contribution in [2.24, 2.45) is 0 Å². The van der Waals surface area contributed by atoms with E-state index in [1.807, 2.05) is 0 Å². The van der Waals surface area contributed by atoms with Crippen LogP contribution in [0.15, 0.2) is 72.8 Å². The number of hydrogen-bond acceptors (Lipinski definition) is 1. The van der Waals surface area contributed by atoms with Crippen molar-refractivity contribution < 1.29 is 4.58 Å². The molecule has 0 fully saturated rings. The van der Waals surface area contributed by atoms with Gasteiger partial charge in [-0.05, 0) is 66.4 Å². The molecular formula is C34H39N2+. The molecule has 0 amide bonds. The van der Waals surface area contributed by atoms with Gasteiger partial charge in [-0.3, -0.25) is 0 Å². The summed E-state index contributed by atoms with van der Waals surface area (Å²) in [5.41, 5.74) is 7.54. The second-order valence-corrected chi connectivity index (χ2v) is 12.0. The Balaban J connectivity index is 1.23. The standard InChI is InChI=1S/C34H39N2/c1-23-33(3,4)31-27-15-9-7-13-25(27)17-19-29(31)35(23)21-11-12-22-36-24(2)34(5,6)32-28-16-10-8-14-26(28)18-20-30(32)36/h7-10,13-20,23H,11-12,21-22H2,1-6H3/q+1. The molecule has 0 N–H and O–H groups in total. The van der Waals surface area contributed by atoms with Crippen molar-refractivity contribution in [3.8, 4) is 0 Å². The van der Waals surface area contributed by atoms with E-state index in [4.69, 9.17) is 0 Å². The highest BCUT2D eigenvalue weighted by Crippen LogP contribution is 2.48. The molecule has 1 unspecified atom stereocenters. The van der Waals surface area contributed by atoms with Gasteiger partial charge in [0.25, 0.3) is 0 Å². The number of unbranched alkanes of at least 4 members (excludes halogenated alkanes) is 1. The maximum atomic E-state index is 2.67. The van der Waals surface area contributed by atoms with Gasteiger partial charge in [0.15, 0.2) is 5.71 Å². The average Bonchev–Trinajstić information content (AvgIpc) is 3.20. The van der Waals surface area contributed by atoms with Gasteiger partial charge in [0.05, 0.1) is 5.41 Å². The fourth-order valence-electron chi connectivity index (χ4n) is 6.98. The van der Waals surface area contributed by atoms with Crippen LogP contribution < -0.4 is 4.90 Å². The van der Waals surface area contributed by atoms with E-state index in [-0.39, 0.29) is 10.8 Å². The summed E-state index contributed by atoms with van der Waals surface area (Å²) in [6.45, 7) is 16.6. The molecule has 0 bridgehead atoms. The Kier molecular flexibility index (Phi) is 5.30. The van der Waals surface area contributed by atoms with Crippen molar-refractivity contribution >= 4 is 38.6 Å². The van der Waals surface area contributed by atoms with Crippen molar-refractivity contribution in [1.29, 1.82) is 0 Å². The van der Waals surface area contributed by atoms with E-state index in [0.29, 0.717) is 6.04 Å². The average molecular weight is 476 g/mol. The predicted molar refractivity (Wildman–Crippen MR) is 155 cm³/mol. The molecule has 0 spiro atoms. The molecule has 0 aromatic heterocycles. The highest BCUT2D eigenvalue weighted by molar-refractivity contribution is 6.01. The van der Waals surface area contributed by atoms with Gasteiger partial charge in [-0.1, -0.05) is 68.4 Å². The number of nitrogens with zero attached hydrogens (tertiary/aromatic N) is 2. The summed E-state index contributed by atoms with van der Waals surface area (Å²) in [6.07, 6.45) is 2.38. The minimum absolute atomic E-state index is 0.0592. The Bertz CT molecular complexity index is 1520. The van der Waals surface area contributed by atoms with Crippen LogP contribution in [-0.4, -0.2) is 29.4 Å². The summed E-state index contributed by atoms with van der Waals surface area (Å²) >= 11 is 0. The molecule has 2 heterocycles. The fourth-order valence-corrected chi connectivity index (χ4v) is 6.98. The zero-order chi connectivity index (χ0) is 25.2. The van der Waals surface area contributed by atoms with Crippen LogP contribution in [0.4, 0.5) is 11.4 Å². The van der Waals surface area contributed by atoms with Crippen LogP contribution >= 0.6 is 0 Å². The van der Waals surface area contributed by atoms with Gasteiger partial charge in [-0.25, -0.2) is 0 Å². The maximum Gasteiger partial charge on any atom is 0.210 e. The van der Waals surface area contributed by atoms with Crippen molar-refractivity contribution in [2.75, 3.05) is 18.0 Å². The van der Waals surface area contributed by atoms with Crippen LogP contribution in [0, 0.1) is 0 Å². The second-order valence-electron chi connectivity index (χ2n) is 12.0. The van der Waals surface area contributed by atoms with E-state index >= 15 is 0 Å². The zero-order valence-electron chi connectivity index (χ0n) is 22.7. The summed E-state index contributed by atoms with van der Waals surface area (Å²) in [6, 6.07) is 27.6. The molecule has 4 aromatic rings. The fraction of sp³-hybridized carbons (Fsp3) is 0.382. The first kappa shape index (κ1) is 23.3. The summed E-state index contributed by atoms with van der Waals surface area (Å²) in [4.78, 5) is 2.67. The van der Waals surface area contributed by atoms with E-state index in [0.717, 1.165) is 13.1 Å². The molecule has 4 aromatic carbocycles. The van der Waals surface area contributed by atoms with Gasteiger partial charge in [-0.15, -0.1) is 0 Å². The van der Waals surface area contributed by atoms with Crippen LogP contribution in [0.5, 0.6) is 0 Å². The third-order valence-corrected chi connectivity index (χ3v) is 9.54. The Labute approximate surface area is 216 Å². The third-order valence-electron chi connectivity index (χ3n) is 9.54. The van der Waals surface area contributed by atoms with Gasteiger partial charge in [-0.2, -0.15) is 4.58 Å². The summed E-state index contributed by atoms with van der Waals surface area (Å²) in [7, 11) is 0. The molecule has 0 aliphatic carbocycles. The van der Waals surface area contributed by atoms with Crippen LogP contribution in [0.2, 0.25) is 0 Å². The molecule has 0 saturated heterocycles. The SMILES string of the molecule is CC1=[N+](CCCCN2c3ccc4ccccc4c3C(C)(C)C2C)c2ccc3ccccc3c2C1(C)C. The molecule has 2 heteroatoms. The summed E-state index contributed by atoms with van der Waals surface area (Å²) in [5, 5.41) is 5.52. The van der Waals surface area contributed by atoms with Crippen LogP contribution in [0.3, 0.4) is 0 Å². The van der Waals surface area contributed by atoms with Crippen molar-refractivity contribution in [3.63, 3.8) is 0 Å². The summed E-state index contributed by atoms with van der Waals surface area (Å²) in [5.74, 6) is 0. The Hall–Kier alpha value is -3.13. The first-order chi connectivity index (χ1) is 17.2. The van der Waals surface area contributed by atoms with Gasteiger partial charge in [0.2, 0.25) is 5.69 Å². The lowest BCUT2D eigenvalue weighted by Gasteiger charge is -2.31. The highest BCUT2D eigenvalue weighted by atomic mass is 15.2. The largest absolute Gasteiger partial charge is 0.368 e. The molecule has 6 rings (SSSR count). The van der Waals surface area contributed by atoms with Gasteiger partial charge < -0.3 is 4.90 Å².